The summed E-state index contributed by atoms with van der Waals surface area (Å²) in [7, 11) is 0. The van der Waals surface area contributed by atoms with E-state index < -0.39 is 52.9 Å². The minimum atomic E-state index is -1.70. The quantitative estimate of drug-likeness (QED) is 0.553. The van der Waals surface area contributed by atoms with E-state index in [4.69, 9.17) is 15.2 Å². The van der Waals surface area contributed by atoms with Crippen LogP contribution in [0.4, 0.5) is 10.1 Å². The summed E-state index contributed by atoms with van der Waals surface area (Å²) in [6, 6.07) is 7.97. The Hall–Kier alpha value is -3.99. The Morgan fingerprint density at radius 3 is 2.71 bits per heavy atom. The summed E-state index contributed by atoms with van der Waals surface area (Å²) >= 11 is 0. The van der Waals surface area contributed by atoms with Crippen LogP contribution in [0.15, 0.2) is 36.4 Å². The molecule has 0 aliphatic carbocycles. The molecule has 0 bridgehead atoms. The summed E-state index contributed by atoms with van der Waals surface area (Å²) in [6.07, 6.45) is -0.266. The lowest BCUT2D eigenvalue weighted by Gasteiger charge is -2.29. The molecule has 4 unspecified atom stereocenters. The molecule has 4 aliphatic heterocycles. The summed E-state index contributed by atoms with van der Waals surface area (Å²) in [5.41, 5.74) is 4.91. The highest BCUT2D eigenvalue weighted by atomic mass is 19.1. The van der Waals surface area contributed by atoms with Gasteiger partial charge in [-0.2, -0.15) is 0 Å². The van der Waals surface area contributed by atoms with Crippen LogP contribution in [-0.4, -0.2) is 41.4 Å². The van der Waals surface area contributed by atoms with Crippen molar-refractivity contribution in [1.82, 2.24) is 10.2 Å². The molecule has 1 spiro atoms. The highest BCUT2D eigenvalue weighted by Crippen LogP contribution is 2.53. The molecule has 2 fully saturated rings. The number of halogens is 1. The van der Waals surface area contributed by atoms with Gasteiger partial charge >= 0.3 is 0 Å². The SMILES string of the molecule is NC(=O)CC1NC2(C(=O)Nc3ccc(F)cc32)C2C(=O)N(Cc3ccc4c(c3)OCO4)C(=O)C12. The van der Waals surface area contributed by atoms with Gasteiger partial charge in [0.25, 0.3) is 0 Å². The Morgan fingerprint density at radius 2 is 1.91 bits per heavy atom. The largest absolute Gasteiger partial charge is 0.454 e. The third-order valence-electron chi connectivity index (χ3n) is 6.97. The van der Waals surface area contributed by atoms with Gasteiger partial charge in [0, 0.05) is 23.7 Å². The number of rotatable bonds is 4. The molecule has 4 amide bonds. The first-order chi connectivity index (χ1) is 16.3. The zero-order valence-corrected chi connectivity index (χ0v) is 17.7. The smallest absolute Gasteiger partial charge is 0.250 e. The van der Waals surface area contributed by atoms with Gasteiger partial charge in [-0.1, -0.05) is 6.07 Å². The van der Waals surface area contributed by atoms with Crippen LogP contribution in [0.1, 0.15) is 17.5 Å². The predicted molar refractivity (Wildman–Crippen MR) is 113 cm³/mol. The number of carbonyl (C=O) groups excluding carboxylic acids is 4. The van der Waals surface area contributed by atoms with E-state index in [2.05, 4.69) is 10.6 Å². The van der Waals surface area contributed by atoms with Crippen molar-refractivity contribution in [3.63, 3.8) is 0 Å². The van der Waals surface area contributed by atoms with E-state index in [0.29, 0.717) is 22.7 Å². The molecule has 34 heavy (non-hydrogen) atoms. The van der Waals surface area contributed by atoms with Crippen LogP contribution in [0.5, 0.6) is 11.5 Å². The van der Waals surface area contributed by atoms with Gasteiger partial charge in [0.15, 0.2) is 11.5 Å². The van der Waals surface area contributed by atoms with Gasteiger partial charge in [-0.25, -0.2) is 4.39 Å². The number of fused-ring (bicyclic) bond motifs is 5. The van der Waals surface area contributed by atoms with Crippen LogP contribution < -0.4 is 25.8 Å². The molecule has 2 saturated heterocycles. The Labute approximate surface area is 192 Å². The maximum Gasteiger partial charge on any atom is 0.250 e. The van der Waals surface area contributed by atoms with Crippen LogP contribution in [0, 0.1) is 17.7 Å². The maximum absolute atomic E-state index is 14.2. The van der Waals surface area contributed by atoms with E-state index in [-0.39, 0.29) is 25.3 Å². The second-order valence-electron chi connectivity index (χ2n) is 8.83. The Kier molecular flexibility index (Phi) is 4.24. The van der Waals surface area contributed by atoms with Crippen molar-refractivity contribution in [3.8, 4) is 11.5 Å². The van der Waals surface area contributed by atoms with Gasteiger partial charge in [0.1, 0.15) is 11.4 Å². The lowest BCUT2D eigenvalue weighted by atomic mass is 9.76. The number of hydrogen-bond donors (Lipinski definition) is 3. The fourth-order valence-electron chi connectivity index (χ4n) is 5.60. The van der Waals surface area contributed by atoms with Gasteiger partial charge in [0.2, 0.25) is 30.4 Å². The number of nitrogens with zero attached hydrogens (tertiary/aromatic N) is 1. The van der Waals surface area contributed by atoms with Gasteiger partial charge in [-0.15, -0.1) is 0 Å². The van der Waals surface area contributed by atoms with Crippen LogP contribution in [0.3, 0.4) is 0 Å². The number of carbonyl (C=O) groups is 4. The van der Waals surface area contributed by atoms with Gasteiger partial charge in [0.05, 0.1) is 18.4 Å². The lowest BCUT2D eigenvalue weighted by Crippen LogP contribution is -2.53. The van der Waals surface area contributed by atoms with E-state index in [9.17, 15) is 23.6 Å². The molecule has 4 aliphatic rings. The van der Waals surface area contributed by atoms with Crippen molar-refractivity contribution in [2.45, 2.75) is 24.5 Å². The number of nitrogens with one attached hydrogen (secondary N) is 2. The molecule has 10 nitrogen and oxygen atoms in total. The first-order valence-corrected chi connectivity index (χ1v) is 10.7. The average molecular weight is 466 g/mol. The average Bonchev–Trinajstić information content (AvgIpc) is 3.51. The summed E-state index contributed by atoms with van der Waals surface area (Å²) in [6.45, 7) is 0.0247. The number of nitrogens with two attached hydrogens (primary N) is 1. The number of ether oxygens (including phenoxy) is 2. The van der Waals surface area contributed by atoms with E-state index in [1.807, 2.05) is 0 Å². The molecule has 0 radical (unpaired) electrons. The normalized spacial score (nSPS) is 28.4. The zero-order valence-electron chi connectivity index (χ0n) is 17.7. The minimum absolute atomic E-state index is 0.0572. The standard InChI is InChI=1S/C23H19FN4O6/c24-11-2-3-13-12(6-11)23(22(32)26-13)19-18(14(27-23)7-17(25)29)20(30)28(21(19)31)8-10-1-4-15-16(5-10)34-9-33-15/h1-6,14,18-19,27H,7-9H2,(H2,25,29)(H,26,32). The molecular weight excluding hydrogens is 447 g/mol. The maximum atomic E-state index is 14.2. The zero-order chi connectivity index (χ0) is 23.8. The summed E-state index contributed by atoms with van der Waals surface area (Å²) in [5.74, 6) is -4.11. The number of likely N-dealkylation sites (tertiary alicyclic amines) is 1. The van der Waals surface area contributed by atoms with Crippen molar-refractivity contribution in [1.29, 1.82) is 0 Å². The van der Waals surface area contributed by atoms with Crippen molar-refractivity contribution in [2.24, 2.45) is 17.6 Å². The molecule has 2 aromatic carbocycles. The number of amides is 4. The summed E-state index contributed by atoms with van der Waals surface area (Å²) in [5, 5.41) is 5.70. The van der Waals surface area contributed by atoms with E-state index in [1.54, 1.807) is 18.2 Å². The minimum Gasteiger partial charge on any atom is -0.454 e. The number of hydrogen-bond acceptors (Lipinski definition) is 7. The molecule has 0 aromatic heterocycles. The van der Waals surface area contributed by atoms with E-state index in [0.717, 1.165) is 4.90 Å². The second-order valence-corrected chi connectivity index (χ2v) is 8.83. The molecule has 6 rings (SSSR count). The van der Waals surface area contributed by atoms with Crippen LogP contribution in [0.2, 0.25) is 0 Å². The Balaban J connectivity index is 1.42. The number of primary amides is 1. The molecule has 4 heterocycles. The first-order valence-electron chi connectivity index (χ1n) is 10.7. The Bertz CT molecular complexity index is 1300. The molecule has 11 heteroatoms. The molecule has 174 valence electrons. The number of benzene rings is 2. The van der Waals surface area contributed by atoms with Crippen molar-refractivity contribution >= 4 is 29.3 Å². The van der Waals surface area contributed by atoms with Gasteiger partial charge < -0.3 is 20.5 Å². The predicted octanol–water partition coefficient (Wildman–Crippen LogP) is 0.350. The molecule has 4 N–H and O–H groups in total. The summed E-state index contributed by atoms with van der Waals surface area (Å²) in [4.78, 5) is 53.3. The first kappa shape index (κ1) is 20.6. The second kappa shape index (κ2) is 7.00. The van der Waals surface area contributed by atoms with Crippen LogP contribution in [-0.2, 0) is 31.3 Å². The van der Waals surface area contributed by atoms with E-state index in [1.165, 1.54) is 18.2 Å². The van der Waals surface area contributed by atoms with Crippen LogP contribution >= 0.6 is 0 Å². The highest BCUT2D eigenvalue weighted by molar-refractivity contribution is 6.15. The molecule has 0 saturated carbocycles. The van der Waals surface area contributed by atoms with E-state index >= 15 is 0 Å². The number of imide groups is 1. The van der Waals surface area contributed by atoms with Gasteiger partial charge in [-0.3, -0.25) is 29.4 Å². The molecular formula is C23H19FN4O6. The lowest BCUT2D eigenvalue weighted by molar-refractivity contribution is -0.143. The monoisotopic (exact) mass is 466 g/mol. The molecule has 4 atom stereocenters. The molecule has 2 aromatic rings. The fraction of sp³-hybridized carbons (Fsp3) is 0.304. The summed E-state index contributed by atoms with van der Waals surface area (Å²) < 4.78 is 24.9. The third-order valence-corrected chi connectivity index (χ3v) is 6.97. The van der Waals surface area contributed by atoms with Gasteiger partial charge in [-0.05, 0) is 35.9 Å². The highest BCUT2D eigenvalue weighted by Gasteiger charge is 2.70. The van der Waals surface area contributed by atoms with Crippen molar-refractivity contribution in [3.05, 3.63) is 53.3 Å². The topological polar surface area (TPSA) is 140 Å². The van der Waals surface area contributed by atoms with Crippen molar-refractivity contribution < 1.29 is 33.0 Å². The fourth-order valence-corrected chi connectivity index (χ4v) is 5.60. The van der Waals surface area contributed by atoms with Crippen molar-refractivity contribution in [2.75, 3.05) is 12.1 Å². The Morgan fingerprint density at radius 1 is 1.12 bits per heavy atom. The third kappa shape index (κ3) is 2.70. The van der Waals surface area contributed by atoms with Crippen LogP contribution in [0.25, 0.3) is 0 Å². The number of anilines is 1.